The molecule has 1 amide bonds. The number of amides is 1. The van der Waals surface area contributed by atoms with Crippen LogP contribution in [0.4, 0.5) is 0 Å². The maximum absolute atomic E-state index is 12.5. The van der Waals surface area contributed by atoms with E-state index in [0.29, 0.717) is 5.69 Å². The van der Waals surface area contributed by atoms with Crippen LogP contribution in [-0.2, 0) is 0 Å². The molecule has 0 bridgehead atoms. The third kappa shape index (κ3) is 3.33. The van der Waals surface area contributed by atoms with Crippen LogP contribution in [0.25, 0.3) is 11.3 Å². The van der Waals surface area contributed by atoms with Crippen molar-refractivity contribution in [3.8, 4) is 17.0 Å². The molecule has 5 nitrogen and oxygen atoms in total. The monoisotopic (exact) mass is 341 g/mol. The highest BCUT2D eigenvalue weighted by Crippen LogP contribution is 2.25. The second-order valence-electron chi connectivity index (χ2n) is 5.49. The van der Waals surface area contributed by atoms with Crippen molar-refractivity contribution in [2.45, 2.75) is 19.9 Å². The summed E-state index contributed by atoms with van der Waals surface area (Å²) in [7, 11) is 1.63. The third-order valence-electron chi connectivity index (χ3n) is 3.80. The molecule has 2 heterocycles. The van der Waals surface area contributed by atoms with Crippen molar-refractivity contribution in [3.05, 3.63) is 58.2 Å². The molecule has 0 spiro atoms. The number of carbonyl (C=O) groups excluding carboxylic acids is 1. The fourth-order valence-corrected chi connectivity index (χ4v) is 3.17. The zero-order valence-electron chi connectivity index (χ0n) is 13.8. The highest BCUT2D eigenvalue weighted by molar-refractivity contribution is 7.09. The van der Waals surface area contributed by atoms with Gasteiger partial charge in [-0.15, -0.1) is 11.3 Å². The second kappa shape index (κ2) is 6.88. The van der Waals surface area contributed by atoms with Crippen LogP contribution >= 0.6 is 11.3 Å². The number of rotatable bonds is 5. The van der Waals surface area contributed by atoms with Crippen LogP contribution in [0.3, 0.4) is 0 Å². The number of benzene rings is 1. The summed E-state index contributed by atoms with van der Waals surface area (Å²) in [6.07, 6.45) is 1.80. The lowest BCUT2D eigenvalue weighted by molar-refractivity contribution is 0.0935. The van der Waals surface area contributed by atoms with Crippen molar-refractivity contribution >= 4 is 17.2 Å². The fourth-order valence-electron chi connectivity index (χ4n) is 2.55. The van der Waals surface area contributed by atoms with Gasteiger partial charge in [-0.25, -0.2) is 4.98 Å². The minimum absolute atomic E-state index is 0.161. The van der Waals surface area contributed by atoms with E-state index in [0.717, 1.165) is 27.6 Å². The Bertz CT molecular complexity index is 853. The van der Waals surface area contributed by atoms with Crippen molar-refractivity contribution in [2.75, 3.05) is 7.11 Å². The Labute approximate surface area is 144 Å². The molecule has 1 unspecified atom stereocenters. The van der Waals surface area contributed by atoms with Gasteiger partial charge in [-0.1, -0.05) is 18.2 Å². The molecule has 0 aliphatic heterocycles. The molecule has 2 aromatic heterocycles. The van der Waals surface area contributed by atoms with Gasteiger partial charge < -0.3 is 15.0 Å². The lowest BCUT2D eigenvalue weighted by atomic mass is 10.1. The Hall–Kier alpha value is -2.60. The lowest BCUT2D eigenvalue weighted by Gasteiger charge is -2.16. The van der Waals surface area contributed by atoms with E-state index in [1.807, 2.05) is 49.6 Å². The molecule has 124 valence electrons. The van der Waals surface area contributed by atoms with Gasteiger partial charge in [0.25, 0.3) is 5.91 Å². The Morgan fingerprint density at radius 2 is 2.17 bits per heavy atom. The fraction of sp³-hybridized carbons (Fsp3) is 0.222. The number of thiazole rings is 1. The van der Waals surface area contributed by atoms with E-state index in [4.69, 9.17) is 4.74 Å². The molecule has 6 heteroatoms. The Balaban J connectivity index is 1.74. The first-order valence-corrected chi connectivity index (χ1v) is 8.51. The summed E-state index contributed by atoms with van der Waals surface area (Å²) in [5, 5.41) is 5.97. The molecule has 0 fully saturated rings. The molecule has 2 N–H and O–H groups in total. The number of methoxy groups -OCH3 is 1. The number of aromatic nitrogens is 2. The summed E-state index contributed by atoms with van der Waals surface area (Å²) in [6.45, 7) is 3.90. The molecular formula is C18H19N3O2S. The van der Waals surface area contributed by atoms with E-state index in [2.05, 4.69) is 15.3 Å². The van der Waals surface area contributed by atoms with Crippen molar-refractivity contribution in [1.82, 2.24) is 15.3 Å². The molecule has 1 atom stereocenters. The summed E-state index contributed by atoms with van der Waals surface area (Å²) >= 11 is 1.59. The van der Waals surface area contributed by atoms with Crippen LogP contribution in [-0.4, -0.2) is 23.0 Å². The number of aromatic amines is 1. The standard InChI is InChI=1S/C18H19N3O2S/c1-11(14-6-4-5-7-17(14)23-3)20-18(22)15-8-13(9-19-15)16-10-24-12(2)21-16/h4-11,19H,1-3H3,(H,20,22). The van der Waals surface area contributed by atoms with Crippen LogP contribution in [0.15, 0.2) is 41.9 Å². The average molecular weight is 341 g/mol. The number of aryl methyl sites for hydroxylation is 1. The minimum Gasteiger partial charge on any atom is -0.496 e. The van der Waals surface area contributed by atoms with E-state index in [1.54, 1.807) is 24.6 Å². The van der Waals surface area contributed by atoms with Crippen LogP contribution in [0.5, 0.6) is 5.75 Å². The van der Waals surface area contributed by atoms with Crippen molar-refractivity contribution in [1.29, 1.82) is 0 Å². The van der Waals surface area contributed by atoms with Crippen LogP contribution in [0, 0.1) is 6.92 Å². The first-order chi connectivity index (χ1) is 11.6. The molecular weight excluding hydrogens is 322 g/mol. The van der Waals surface area contributed by atoms with Gasteiger partial charge in [-0.3, -0.25) is 4.79 Å². The minimum atomic E-state index is -0.165. The van der Waals surface area contributed by atoms with Crippen molar-refractivity contribution in [3.63, 3.8) is 0 Å². The van der Waals surface area contributed by atoms with Gasteiger partial charge in [0, 0.05) is 22.7 Å². The Morgan fingerprint density at radius 3 is 2.88 bits per heavy atom. The summed E-state index contributed by atoms with van der Waals surface area (Å²) in [5.41, 5.74) is 3.24. The number of ether oxygens (including phenoxy) is 1. The zero-order chi connectivity index (χ0) is 17.1. The van der Waals surface area contributed by atoms with Gasteiger partial charge in [0.2, 0.25) is 0 Å². The van der Waals surface area contributed by atoms with E-state index in [9.17, 15) is 4.79 Å². The van der Waals surface area contributed by atoms with Gasteiger partial charge >= 0.3 is 0 Å². The number of hydrogen-bond acceptors (Lipinski definition) is 4. The Morgan fingerprint density at radius 1 is 1.38 bits per heavy atom. The van der Waals surface area contributed by atoms with Gasteiger partial charge in [0.1, 0.15) is 11.4 Å². The molecule has 3 aromatic rings. The summed E-state index contributed by atoms with van der Waals surface area (Å²) < 4.78 is 5.35. The van der Waals surface area contributed by atoms with Crippen LogP contribution in [0.1, 0.15) is 34.0 Å². The summed E-state index contributed by atoms with van der Waals surface area (Å²) in [4.78, 5) is 19.9. The maximum atomic E-state index is 12.5. The predicted octanol–water partition coefficient (Wildman–Crippen LogP) is 3.95. The van der Waals surface area contributed by atoms with Gasteiger partial charge in [0.05, 0.1) is 23.9 Å². The number of hydrogen-bond donors (Lipinski definition) is 2. The number of nitrogens with one attached hydrogen (secondary N) is 2. The highest BCUT2D eigenvalue weighted by Gasteiger charge is 2.16. The zero-order valence-corrected chi connectivity index (χ0v) is 14.6. The third-order valence-corrected chi connectivity index (χ3v) is 4.57. The van der Waals surface area contributed by atoms with Crippen molar-refractivity contribution in [2.24, 2.45) is 0 Å². The van der Waals surface area contributed by atoms with Crippen LogP contribution < -0.4 is 10.1 Å². The van der Waals surface area contributed by atoms with E-state index >= 15 is 0 Å². The molecule has 0 aliphatic carbocycles. The predicted molar refractivity (Wildman–Crippen MR) is 95.5 cm³/mol. The molecule has 3 rings (SSSR count). The summed E-state index contributed by atoms with van der Waals surface area (Å²) in [5.74, 6) is 0.599. The maximum Gasteiger partial charge on any atom is 0.268 e. The molecule has 0 radical (unpaired) electrons. The van der Waals surface area contributed by atoms with Gasteiger partial charge in [-0.05, 0) is 26.0 Å². The van der Waals surface area contributed by atoms with Crippen LogP contribution in [0.2, 0.25) is 0 Å². The highest BCUT2D eigenvalue weighted by atomic mass is 32.1. The summed E-state index contributed by atoms with van der Waals surface area (Å²) in [6, 6.07) is 9.32. The lowest BCUT2D eigenvalue weighted by Crippen LogP contribution is -2.27. The normalized spacial score (nSPS) is 12.0. The van der Waals surface area contributed by atoms with Crippen molar-refractivity contribution < 1.29 is 9.53 Å². The average Bonchev–Trinajstić information content (AvgIpc) is 3.23. The molecule has 0 saturated heterocycles. The largest absolute Gasteiger partial charge is 0.496 e. The quantitative estimate of drug-likeness (QED) is 0.738. The van der Waals surface area contributed by atoms with E-state index in [1.165, 1.54) is 0 Å². The molecule has 0 saturated carbocycles. The topological polar surface area (TPSA) is 67.0 Å². The van der Waals surface area contributed by atoms with E-state index < -0.39 is 0 Å². The van der Waals surface area contributed by atoms with E-state index in [-0.39, 0.29) is 11.9 Å². The number of para-hydroxylation sites is 1. The van der Waals surface area contributed by atoms with Gasteiger partial charge in [0.15, 0.2) is 0 Å². The molecule has 1 aromatic carbocycles. The molecule has 0 aliphatic rings. The number of H-pyrrole nitrogens is 1. The first-order valence-electron chi connectivity index (χ1n) is 7.63. The van der Waals surface area contributed by atoms with Gasteiger partial charge in [-0.2, -0.15) is 0 Å². The first kappa shape index (κ1) is 16.3. The Kier molecular flexibility index (Phi) is 4.66. The second-order valence-corrected chi connectivity index (χ2v) is 6.55. The number of carbonyl (C=O) groups is 1. The molecule has 24 heavy (non-hydrogen) atoms. The number of nitrogens with zero attached hydrogens (tertiary/aromatic N) is 1. The smallest absolute Gasteiger partial charge is 0.268 e. The SMILES string of the molecule is COc1ccccc1C(C)NC(=O)c1cc(-c2csc(C)n2)c[nH]1.